The maximum atomic E-state index is 12.7. The third kappa shape index (κ3) is 4.26. The van der Waals surface area contributed by atoms with Crippen molar-refractivity contribution in [3.05, 3.63) is 75.2 Å². The van der Waals surface area contributed by atoms with Crippen LogP contribution in [0, 0.1) is 0 Å². The zero-order valence-corrected chi connectivity index (χ0v) is 19.9. The summed E-state index contributed by atoms with van der Waals surface area (Å²) in [7, 11) is 0. The molecule has 1 aliphatic rings. The Balaban J connectivity index is 1.54. The minimum absolute atomic E-state index is 0.121. The highest BCUT2D eigenvalue weighted by Crippen LogP contribution is 2.47. The topological polar surface area (TPSA) is 64.9 Å². The first-order valence-electron chi connectivity index (χ1n) is 9.09. The van der Waals surface area contributed by atoms with Crippen LogP contribution in [-0.2, 0) is 4.79 Å². The van der Waals surface area contributed by atoms with Gasteiger partial charge >= 0.3 is 0 Å². The molecule has 0 aromatic heterocycles. The van der Waals surface area contributed by atoms with Gasteiger partial charge in [0.25, 0.3) is 5.91 Å². The Bertz CT molecular complexity index is 1100. The fourth-order valence-corrected chi connectivity index (χ4v) is 5.40. The highest BCUT2D eigenvalue weighted by atomic mass is 79.9. The number of nitrogens with zero attached hydrogens (tertiary/aromatic N) is 2. The molecule has 0 radical (unpaired) electrons. The van der Waals surface area contributed by atoms with E-state index in [1.807, 2.05) is 41.3 Å². The molecule has 0 unspecified atom stereocenters. The van der Waals surface area contributed by atoms with Crippen molar-refractivity contribution in [1.29, 1.82) is 0 Å². The Morgan fingerprint density at radius 3 is 2.13 bits per heavy atom. The number of hydrazone groups is 1. The second-order valence-corrected chi connectivity index (χ2v) is 9.44. The molecule has 0 saturated heterocycles. The van der Waals surface area contributed by atoms with Crippen LogP contribution in [0.15, 0.2) is 84.5 Å². The Morgan fingerprint density at radius 2 is 1.57 bits per heavy atom. The van der Waals surface area contributed by atoms with E-state index in [0.717, 1.165) is 26.7 Å². The first kappa shape index (κ1) is 21.0. The number of amides is 1. The summed E-state index contributed by atoms with van der Waals surface area (Å²) in [5.41, 5.74) is 6.06. The Hall–Kier alpha value is -2.29. The number of nitrogens with one attached hydrogen (secondary N) is 1. The van der Waals surface area contributed by atoms with E-state index < -0.39 is 0 Å². The fourth-order valence-electron chi connectivity index (χ4n) is 3.12. The van der Waals surface area contributed by atoms with Gasteiger partial charge in [0, 0.05) is 9.79 Å². The van der Waals surface area contributed by atoms with Crippen molar-refractivity contribution >= 4 is 66.6 Å². The van der Waals surface area contributed by atoms with Gasteiger partial charge < -0.3 is 10.0 Å². The number of carbonyl (C=O) groups excluding carboxylic acids is 1. The number of hydrogen-bond acceptors (Lipinski definition) is 5. The molecule has 4 rings (SSSR count). The lowest BCUT2D eigenvalue weighted by molar-refractivity contribution is -0.119. The van der Waals surface area contributed by atoms with Gasteiger partial charge in [0.05, 0.1) is 26.0 Å². The van der Waals surface area contributed by atoms with E-state index >= 15 is 0 Å². The number of aromatic hydroxyl groups is 1. The number of benzene rings is 3. The summed E-state index contributed by atoms with van der Waals surface area (Å²) in [4.78, 5) is 17.0. The van der Waals surface area contributed by atoms with E-state index in [1.54, 1.807) is 30.8 Å². The molecule has 1 aliphatic heterocycles. The predicted molar refractivity (Wildman–Crippen MR) is 128 cm³/mol. The number of hydrogen-bond donors (Lipinski definition) is 2. The average Bonchev–Trinajstić information content (AvgIpc) is 2.75. The monoisotopic (exact) mass is 545 g/mol. The lowest BCUT2D eigenvalue weighted by Gasteiger charge is -2.31. The molecule has 5 nitrogen and oxygen atoms in total. The lowest BCUT2D eigenvalue weighted by atomic mass is 10.1. The van der Waals surface area contributed by atoms with Crippen molar-refractivity contribution in [2.24, 2.45) is 5.10 Å². The minimum atomic E-state index is -0.220. The molecule has 30 heavy (non-hydrogen) atoms. The number of para-hydroxylation sites is 2. The lowest BCUT2D eigenvalue weighted by Crippen LogP contribution is -2.34. The molecule has 0 fully saturated rings. The number of carbonyl (C=O) groups is 1. The number of phenols is 1. The van der Waals surface area contributed by atoms with Crippen LogP contribution in [0.4, 0.5) is 11.4 Å². The molecule has 152 valence electrons. The predicted octanol–water partition coefficient (Wildman–Crippen LogP) is 6.06. The van der Waals surface area contributed by atoms with E-state index in [-0.39, 0.29) is 18.2 Å². The molecule has 1 amide bonds. The van der Waals surface area contributed by atoms with Crippen LogP contribution in [0.3, 0.4) is 0 Å². The van der Waals surface area contributed by atoms with Crippen molar-refractivity contribution in [1.82, 2.24) is 5.43 Å². The van der Waals surface area contributed by atoms with Crippen LogP contribution in [0.5, 0.6) is 5.75 Å². The summed E-state index contributed by atoms with van der Waals surface area (Å²) < 4.78 is 1.10. The first-order chi connectivity index (χ1) is 14.4. The SMILES string of the molecule is CC(=NNC(=O)CN1c2ccccc2Sc2ccccc21)c1cc(Br)c(O)c(Br)c1. The molecule has 1 heterocycles. The van der Waals surface area contributed by atoms with Crippen molar-refractivity contribution in [3.8, 4) is 5.75 Å². The average molecular weight is 547 g/mol. The van der Waals surface area contributed by atoms with Crippen molar-refractivity contribution in [2.45, 2.75) is 16.7 Å². The quantitative estimate of drug-likeness (QED) is 0.308. The Morgan fingerprint density at radius 1 is 1.03 bits per heavy atom. The van der Waals surface area contributed by atoms with Gasteiger partial charge in [-0.1, -0.05) is 36.0 Å². The molecule has 0 aliphatic carbocycles. The zero-order valence-electron chi connectivity index (χ0n) is 15.9. The first-order valence-corrected chi connectivity index (χ1v) is 11.5. The van der Waals surface area contributed by atoms with Crippen molar-refractivity contribution in [2.75, 3.05) is 11.4 Å². The number of fused-ring (bicyclic) bond motifs is 2. The van der Waals surface area contributed by atoms with E-state index in [0.29, 0.717) is 14.7 Å². The molecular formula is C22H17Br2N3O2S. The smallest absolute Gasteiger partial charge is 0.260 e. The standard InChI is InChI=1S/C22H17Br2N3O2S/c1-13(14-10-15(23)22(29)16(24)11-14)25-26-21(28)12-27-17-6-2-4-8-19(17)30-20-9-5-3-7-18(20)27/h2-11,29H,12H2,1H3,(H,26,28). The highest BCUT2D eigenvalue weighted by molar-refractivity contribution is 9.11. The van der Waals surface area contributed by atoms with Crippen LogP contribution in [-0.4, -0.2) is 23.3 Å². The zero-order chi connectivity index (χ0) is 21.3. The van der Waals surface area contributed by atoms with E-state index in [2.05, 4.69) is 54.5 Å². The van der Waals surface area contributed by atoms with Gasteiger partial charge in [-0.15, -0.1) is 0 Å². The summed E-state index contributed by atoms with van der Waals surface area (Å²) in [6, 6.07) is 19.6. The van der Waals surface area contributed by atoms with Gasteiger partial charge in [0.1, 0.15) is 12.3 Å². The van der Waals surface area contributed by atoms with Gasteiger partial charge in [-0.25, -0.2) is 5.43 Å². The molecule has 0 bridgehead atoms. The summed E-state index contributed by atoms with van der Waals surface area (Å²) in [6.07, 6.45) is 0. The second kappa shape index (κ2) is 8.83. The molecule has 3 aromatic rings. The summed E-state index contributed by atoms with van der Waals surface area (Å²) in [5.74, 6) is -0.0985. The Kier molecular flexibility index (Phi) is 6.17. The molecular weight excluding hydrogens is 530 g/mol. The largest absolute Gasteiger partial charge is 0.506 e. The van der Waals surface area contributed by atoms with Gasteiger partial charge in [-0.3, -0.25) is 4.79 Å². The van der Waals surface area contributed by atoms with Crippen LogP contribution >= 0.6 is 43.6 Å². The number of phenolic OH excluding ortho intramolecular Hbond substituents is 1. The normalized spacial score (nSPS) is 12.9. The molecule has 0 saturated carbocycles. The number of halogens is 2. The van der Waals surface area contributed by atoms with Crippen LogP contribution in [0.1, 0.15) is 12.5 Å². The molecule has 8 heteroatoms. The number of anilines is 2. The minimum Gasteiger partial charge on any atom is -0.506 e. The third-order valence-electron chi connectivity index (χ3n) is 4.62. The fraction of sp³-hybridized carbons (Fsp3) is 0.0909. The van der Waals surface area contributed by atoms with Crippen LogP contribution in [0.2, 0.25) is 0 Å². The van der Waals surface area contributed by atoms with E-state index in [9.17, 15) is 9.90 Å². The third-order valence-corrected chi connectivity index (χ3v) is 6.96. The van der Waals surface area contributed by atoms with E-state index in [4.69, 9.17) is 0 Å². The van der Waals surface area contributed by atoms with Crippen LogP contribution < -0.4 is 10.3 Å². The molecule has 0 spiro atoms. The van der Waals surface area contributed by atoms with Gasteiger partial charge in [-0.05, 0) is 80.7 Å². The van der Waals surface area contributed by atoms with Gasteiger partial charge in [0.15, 0.2) is 0 Å². The van der Waals surface area contributed by atoms with Gasteiger partial charge in [0.2, 0.25) is 0 Å². The molecule has 0 atom stereocenters. The Labute approximate surface area is 195 Å². The van der Waals surface area contributed by atoms with Crippen LogP contribution in [0.25, 0.3) is 0 Å². The summed E-state index contributed by atoms with van der Waals surface area (Å²) in [6.45, 7) is 1.95. The van der Waals surface area contributed by atoms with Gasteiger partial charge in [-0.2, -0.15) is 5.10 Å². The van der Waals surface area contributed by atoms with E-state index in [1.165, 1.54) is 0 Å². The highest BCUT2D eigenvalue weighted by Gasteiger charge is 2.24. The van der Waals surface area contributed by atoms with Crippen molar-refractivity contribution < 1.29 is 9.90 Å². The van der Waals surface area contributed by atoms with Crippen molar-refractivity contribution in [3.63, 3.8) is 0 Å². The maximum Gasteiger partial charge on any atom is 0.260 e. The molecule has 3 aromatic carbocycles. The summed E-state index contributed by atoms with van der Waals surface area (Å²) in [5, 5.41) is 14.1. The maximum absolute atomic E-state index is 12.7. The second-order valence-electron chi connectivity index (χ2n) is 6.64. The molecule has 2 N–H and O–H groups in total. The summed E-state index contributed by atoms with van der Waals surface area (Å²) >= 11 is 8.32. The number of rotatable bonds is 4.